The summed E-state index contributed by atoms with van der Waals surface area (Å²) in [6, 6.07) is 12.5. The molecule has 4 nitrogen and oxygen atoms in total. The maximum absolute atomic E-state index is 13.3. The first kappa shape index (κ1) is 18.2. The lowest BCUT2D eigenvalue weighted by Gasteiger charge is -2.41. The van der Waals surface area contributed by atoms with E-state index >= 15 is 0 Å². The van der Waals surface area contributed by atoms with Gasteiger partial charge in [0.15, 0.2) is 0 Å². The number of hydrogen-bond donors (Lipinski definition) is 0. The molecule has 2 fully saturated rings. The van der Waals surface area contributed by atoms with Crippen molar-refractivity contribution >= 4 is 5.91 Å². The molecule has 27 heavy (non-hydrogen) atoms. The molecular formula is C23H29N3O. The number of amides is 1. The topological polar surface area (TPSA) is 36.4 Å². The molecular weight excluding hydrogens is 334 g/mol. The number of carbonyl (C=O) groups excluding carboxylic acids is 1. The Bertz CT molecular complexity index is 772. The summed E-state index contributed by atoms with van der Waals surface area (Å²) in [6.07, 6.45) is 8.15. The van der Waals surface area contributed by atoms with Crippen LogP contribution < -0.4 is 0 Å². The van der Waals surface area contributed by atoms with Crippen LogP contribution in [0.2, 0.25) is 0 Å². The minimum absolute atomic E-state index is 0.0382. The van der Waals surface area contributed by atoms with E-state index in [4.69, 9.17) is 0 Å². The van der Waals surface area contributed by atoms with E-state index in [2.05, 4.69) is 52.0 Å². The Balaban J connectivity index is 1.60. The molecule has 2 aliphatic rings. The lowest BCUT2D eigenvalue weighted by Crippen LogP contribution is -2.58. The Kier molecular flexibility index (Phi) is 5.53. The first-order chi connectivity index (χ1) is 13.3. The van der Waals surface area contributed by atoms with Crippen LogP contribution in [0.4, 0.5) is 0 Å². The van der Waals surface area contributed by atoms with E-state index in [-0.39, 0.29) is 6.04 Å². The van der Waals surface area contributed by atoms with E-state index < -0.39 is 0 Å². The Hall–Kier alpha value is -2.20. The van der Waals surface area contributed by atoms with Crippen LogP contribution in [0.3, 0.4) is 0 Å². The first-order valence-electron chi connectivity index (χ1n) is 10.3. The van der Waals surface area contributed by atoms with Crippen LogP contribution in [0.15, 0.2) is 48.8 Å². The molecule has 1 amide bonds. The Labute approximate surface area is 162 Å². The molecule has 0 bridgehead atoms. The quantitative estimate of drug-likeness (QED) is 0.754. The number of aromatic nitrogens is 1. The maximum Gasteiger partial charge on any atom is 0.240 e. The van der Waals surface area contributed by atoms with Gasteiger partial charge in [-0.05, 0) is 48.8 Å². The van der Waals surface area contributed by atoms with Crippen molar-refractivity contribution in [2.45, 2.75) is 38.6 Å². The van der Waals surface area contributed by atoms with Gasteiger partial charge in [-0.15, -0.1) is 0 Å². The van der Waals surface area contributed by atoms with Crippen LogP contribution in [0.25, 0.3) is 11.1 Å². The predicted octanol–water partition coefficient (Wildman–Crippen LogP) is 3.62. The molecule has 1 aromatic carbocycles. The average Bonchev–Trinajstić information content (AvgIpc) is 3.52. The van der Waals surface area contributed by atoms with E-state index in [0.717, 1.165) is 50.5 Å². The van der Waals surface area contributed by atoms with Gasteiger partial charge in [0.1, 0.15) is 0 Å². The number of rotatable bonds is 7. The minimum atomic E-state index is -0.0382. The highest BCUT2D eigenvalue weighted by molar-refractivity contribution is 5.83. The van der Waals surface area contributed by atoms with Crippen molar-refractivity contribution in [3.8, 4) is 11.1 Å². The summed E-state index contributed by atoms with van der Waals surface area (Å²) < 4.78 is 0. The smallest absolute Gasteiger partial charge is 0.240 e. The van der Waals surface area contributed by atoms with Crippen molar-refractivity contribution in [2.75, 3.05) is 26.2 Å². The fraction of sp³-hybridized carbons (Fsp3) is 0.478. The number of piperazine rings is 1. The lowest BCUT2D eigenvalue weighted by molar-refractivity contribution is -0.141. The second-order valence-corrected chi connectivity index (χ2v) is 7.88. The van der Waals surface area contributed by atoms with Crippen LogP contribution in [0.5, 0.6) is 0 Å². The van der Waals surface area contributed by atoms with Crippen molar-refractivity contribution in [1.82, 2.24) is 14.8 Å². The van der Waals surface area contributed by atoms with Crippen LogP contribution >= 0.6 is 0 Å². The predicted molar refractivity (Wildman–Crippen MR) is 108 cm³/mol. The molecule has 2 aromatic rings. The van der Waals surface area contributed by atoms with Gasteiger partial charge in [-0.3, -0.25) is 14.7 Å². The molecule has 0 unspecified atom stereocenters. The van der Waals surface area contributed by atoms with Crippen molar-refractivity contribution in [3.63, 3.8) is 0 Å². The van der Waals surface area contributed by atoms with Gasteiger partial charge in [0.25, 0.3) is 0 Å². The number of carbonyl (C=O) groups is 1. The fourth-order valence-corrected chi connectivity index (χ4v) is 4.15. The summed E-state index contributed by atoms with van der Waals surface area (Å²) in [6.45, 7) is 5.97. The van der Waals surface area contributed by atoms with E-state index in [1.54, 1.807) is 6.20 Å². The summed E-state index contributed by atoms with van der Waals surface area (Å²) >= 11 is 0. The van der Waals surface area contributed by atoms with Crippen LogP contribution in [-0.2, 0) is 11.2 Å². The second-order valence-electron chi connectivity index (χ2n) is 7.88. The standard InChI is InChI=1S/C23H29N3O/c1-2-12-25-13-14-26(17-18-9-10-18)22(23(25)27)15-19-6-3-4-8-21(19)20-7-5-11-24-16-20/h3-8,11,16,18,22H,2,9-10,12-15,17H2,1H3/t22-/m1/s1. The molecule has 4 heteroatoms. The third-order valence-electron chi connectivity index (χ3n) is 5.78. The lowest BCUT2D eigenvalue weighted by atomic mass is 9.94. The summed E-state index contributed by atoms with van der Waals surface area (Å²) in [4.78, 5) is 22.0. The molecule has 1 saturated carbocycles. The van der Waals surface area contributed by atoms with Gasteiger partial charge in [0, 0.05) is 44.1 Å². The number of benzene rings is 1. The Morgan fingerprint density at radius 2 is 1.96 bits per heavy atom. The van der Waals surface area contributed by atoms with Crippen molar-refractivity contribution in [2.24, 2.45) is 5.92 Å². The van der Waals surface area contributed by atoms with Gasteiger partial charge in [-0.1, -0.05) is 37.3 Å². The van der Waals surface area contributed by atoms with Crippen LogP contribution in [0.1, 0.15) is 31.7 Å². The third-order valence-corrected chi connectivity index (χ3v) is 5.78. The normalized spacial score (nSPS) is 20.9. The summed E-state index contributed by atoms with van der Waals surface area (Å²) in [5, 5.41) is 0. The highest BCUT2D eigenvalue weighted by Gasteiger charge is 2.37. The van der Waals surface area contributed by atoms with Gasteiger partial charge >= 0.3 is 0 Å². The van der Waals surface area contributed by atoms with E-state index in [1.807, 2.05) is 12.3 Å². The van der Waals surface area contributed by atoms with Gasteiger partial charge in [-0.25, -0.2) is 0 Å². The molecule has 1 atom stereocenters. The number of pyridine rings is 1. The Morgan fingerprint density at radius 1 is 1.11 bits per heavy atom. The summed E-state index contributed by atoms with van der Waals surface area (Å²) in [5.74, 6) is 1.11. The zero-order valence-electron chi connectivity index (χ0n) is 16.2. The molecule has 0 spiro atoms. The average molecular weight is 364 g/mol. The molecule has 142 valence electrons. The summed E-state index contributed by atoms with van der Waals surface area (Å²) in [5.41, 5.74) is 3.55. The molecule has 1 aromatic heterocycles. The maximum atomic E-state index is 13.3. The van der Waals surface area contributed by atoms with Gasteiger partial charge < -0.3 is 4.90 Å². The molecule has 2 heterocycles. The second kappa shape index (κ2) is 8.22. The zero-order valence-corrected chi connectivity index (χ0v) is 16.2. The Morgan fingerprint density at radius 3 is 2.70 bits per heavy atom. The molecule has 1 saturated heterocycles. The molecule has 4 rings (SSSR count). The number of nitrogens with zero attached hydrogens (tertiary/aromatic N) is 3. The van der Waals surface area contributed by atoms with E-state index in [9.17, 15) is 4.79 Å². The molecule has 1 aliphatic heterocycles. The van der Waals surface area contributed by atoms with Gasteiger partial charge in [0.05, 0.1) is 6.04 Å². The SMILES string of the molecule is CCCN1CCN(CC2CC2)[C@H](Cc2ccccc2-c2cccnc2)C1=O. The largest absolute Gasteiger partial charge is 0.340 e. The number of hydrogen-bond acceptors (Lipinski definition) is 3. The third kappa shape index (κ3) is 4.22. The van der Waals surface area contributed by atoms with E-state index in [1.165, 1.54) is 24.0 Å². The van der Waals surface area contributed by atoms with Crippen molar-refractivity contribution < 1.29 is 4.79 Å². The zero-order chi connectivity index (χ0) is 18.6. The summed E-state index contributed by atoms with van der Waals surface area (Å²) in [7, 11) is 0. The highest BCUT2D eigenvalue weighted by Crippen LogP contribution is 2.32. The van der Waals surface area contributed by atoms with Crippen LogP contribution in [0, 0.1) is 5.92 Å². The van der Waals surface area contributed by atoms with E-state index in [0.29, 0.717) is 5.91 Å². The van der Waals surface area contributed by atoms with Gasteiger partial charge in [0.2, 0.25) is 5.91 Å². The highest BCUT2D eigenvalue weighted by atomic mass is 16.2. The first-order valence-corrected chi connectivity index (χ1v) is 10.3. The monoisotopic (exact) mass is 363 g/mol. The van der Waals surface area contributed by atoms with Crippen LogP contribution in [-0.4, -0.2) is 52.9 Å². The van der Waals surface area contributed by atoms with Gasteiger partial charge in [-0.2, -0.15) is 0 Å². The fourth-order valence-electron chi connectivity index (χ4n) is 4.15. The van der Waals surface area contributed by atoms with Crippen molar-refractivity contribution in [1.29, 1.82) is 0 Å². The molecule has 0 radical (unpaired) electrons. The molecule has 0 N–H and O–H groups in total. The van der Waals surface area contributed by atoms with Crippen molar-refractivity contribution in [3.05, 3.63) is 54.4 Å². The minimum Gasteiger partial charge on any atom is -0.340 e. The molecule has 1 aliphatic carbocycles.